The van der Waals surface area contributed by atoms with Crippen molar-refractivity contribution in [2.45, 2.75) is 6.92 Å². The first-order valence-electron chi connectivity index (χ1n) is 7.48. The number of hydrogen-bond acceptors (Lipinski definition) is 3. The van der Waals surface area contributed by atoms with Crippen molar-refractivity contribution in [1.29, 1.82) is 0 Å². The van der Waals surface area contributed by atoms with Gasteiger partial charge in [0.1, 0.15) is 5.75 Å². The lowest BCUT2D eigenvalue weighted by molar-refractivity contribution is 0.0697. The van der Waals surface area contributed by atoms with Gasteiger partial charge >= 0.3 is 5.97 Å². The number of methoxy groups -OCH3 is 1. The van der Waals surface area contributed by atoms with Crippen LogP contribution in [-0.2, 0) is 0 Å². The summed E-state index contributed by atoms with van der Waals surface area (Å²) in [5, 5.41) is 9.62. The van der Waals surface area contributed by atoms with E-state index in [1.165, 1.54) is 7.11 Å². The highest BCUT2D eigenvalue weighted by atomic mass is 16.5. The number of hydrogen-bond donors (Lipinski definition) is 1. The molecule has 0 saturated heterocycles. The van der Waals surface area contributed by atoms with E-state index in [0.717, 1.165) is 0 Å². The van der Waals surface area contributed by atoms with Crippen LogP contribution in [0.5, 0.6) is 5.75 Å². The summed E-state index contributed by atoms with van der Waals surface area (Å²) < 4.78 is 5.42. The van der Waals surface area contributed by atoms with Crippen LogP contribution in [0.25, 0.3) is 11.1 Å². The minimum Gasteiger partial charge on any atom is -0.496 e. The molecule has 0 atom stereocenters. The number of carboxylic acid groups (broad SMARTS) is 1. The minimum absolute atomic E-state index is 0.138. The monoisotopic (exact) mass is 320 g/mol. The van der Waals surface area contributed by atoms with Crippen LogP contribution in [0.1, 0.15) is 31.8 Å². The predicted molar refractivity (Wildman–Crippen MR) is 91.2 cm³/mol. The smallest absolute Gasteiger partial charge is 0.336 e. The fourth-order valence-electron chi connectivity index (χ4n) is 3.04. The van der Waals surface area contributed by atoms with Crippen molar-refractivity contribution in [1.82, 2.24) is 0 Å². The van der Waals surface area contributed by atoms with Crippen LogP contribution < -0.4 is 4.74 Å². The lowest BCUT2D eigenvalue weighted by Crippen LogP contribution is -2.04. The third-order valence-corrected chi connectivity index (χ3v) is 4.10. The van der Waals surface area contributed by atoms with Gasteiger partial charge in [-0.1, -0.05) is 48.5 Å². The first kappa shape index (κ1) is 15.7. The van der Waals surface area contributed by atoms with E-state index in [2.05, 4.69) is 0 Å². The van der Waals surface area contributed by atoms with Crippen molar-refractivity contribution >= 4 is 11.8 Å². The average molecular weight is 320 g/mol. The molecular formula is C20H16O4. The van der Waals surface area contributed by atoms with Crippen molar-refractivity contribution < 1.29 is 19.4 Å². The maximum absolute atomic E-state index is 13.0. The Morgan fingerprint density at radius 3 is 2.17 bits per heavy atom. The Kier molecular flexibility index (Phi) is 4.04. The molecule has 0 spiro atoms. The fraction of sp³-hybridized carbons (Fsp3) is 0.100. The van der Waals surface area contributed by atoms with E-state index in [1.54, 1.807) is 55.5 Å². The summed E-state index contributed by atoms with van der Waals surface area (Å²) in [6, 6.07) is 15.8. The molecule has 0 bridgehead atoms. The Hall–Kier alpha value is -3.14. The van der Waals surface area contributed by atoms with Gasteiger partial charge in [0.2, 0.25) is 0 Å². The molecule has 4 nitrogen and oxygen atoms in total. The topological polar surface area (TPSA) is 63.6 Å². The normalized spacial score (nSPS) is 10.6. The third-order valence-electron chi connectivity index (χ3n) is 4.10. The standard InChI is InChI=1S/C20H16O4/c1-12-16(20(22)23)14-10-6-7-11-15(24-2)18(14)17(12)19(21)13-8-4-3-5-9-13/h3-11H,1-2H3,(H,22,23). The second-order valence-corrected chi connectivity index (χ2v) is 5.45. The van der Waals surface area contributed by atoms with Gasteiger partial charge in [0.15, 0.2) is 5.78 Å². The van der Waals surface area contributed by atoms with Gasteiger partial charge < -0.3 is 9.84 Å². The molecule has 0 unspecified atom stereocenters. The molecule has 120 valence electrons. The Morgan fingerprint density at radius 1 is 0.917 bits per heavy atom. The number of carbonyl (C=O) groups is 2. The fourth-order valence-corrected chi connectivity index (χ4v) is 3.04. The number of benzene rings is 1. The molecule has 0 aliphatic heterocycles. The minimum atomic E-state index is -1.06. The number of fused-ring (bicyclic) bond motifs is 1. The lowest BCUT2D eigenvalue weighted by atomic mass is 9.98. The van der Waals surface area contributed by atoms with Crippen molar-refractivity contribution in [3.05, 3.63) is 76.9 Å². The number of carbonyl (C=O) groups excluding carboxylic acids is 1. The summed E-state index contributed by atoms with van der Waals surface area (Å²) in [5.74, 6) is -0.794. The van der Waals surface area contributed by atoms with Crippen LogP contribution in [0.3, 0.4) is 0 Å². The summed E-state index contributed by atoms with van der Waals surface area (Å²) in [4.78, 5) is 24.8. The van der Waals surface area contributed by atoms with Crippen molar-refractivity contribution in [2.24, 2.45) is 0 Å². The number of rotatable bonds is 4. The van der Waals surface area contributed by atoms with Gasteiger partial charge in [-0.25, -0.2) is 4.79 Å². The van der Waals surface area contributed by atoms with Gasteiger partial charge in [0.25, 0.3) is 0 Å². The molecular weight excluding hydrogens is 304 g/mol. The number of carboxylic acids is 1. The molecule has 2 aliphatic carbocycles. The van der Waals surface area contributed by atoms with Crippen LogP contribution in [0.15, 0.2) is 54.6 Å². The zero-order valence-corrected chi connectivity index (χ0v) is 13.4. The number of aromatic carboxylic acids is 1. The van der Waals surface area contributed by atoms with E-state index >= 15 is 0 Å². The van der Waals surface area contributed by atoms with Gasteiger partial charge in [0, 0.05) is 22.3 Å². The zero-order valence-electron chi connectivity index (χ0n) is 13.4. The molecule has 24 heavy (non-hydrogen) atoms. The summed E-state index contributed by atoms with van der Waals surface area (Å²) in [5.41, 5.74) is 2.52. The van der Waals surface area contributed by atoms with E-state index in [9.17, 15) is 14.7 Å². The Morgan fingerprint density at radius 2 is 1.54 bits per heavy atom. The molecule has 1 N–H and O–H groups in total. The van der Waals surface area contributed by atoms with E-state index in [0.29, 0.717) is 33.6 Å². The molecule has 0 heterocycles. The average Bonchev–Trinajstić information content (AvgIpc) is 2.73. The van der Waals surface area contributed by atoms with Gasteiger partial charge in [-0.15, -0.1) is 0 Å². The largest absolute Gasteiger partial charge is 0.496 e. The first-order chi connectivity index (χ1) is 11.6. The second kappa shape index (κ2) is 6.16. The maximum atomic E-state index is 13.0. The molecule has 0 radical (unpaired) electrons. The van der Waals surface area contributed by atoms with Crippen molar-refractivity contribution in [3.63, 3.8) is 0 Å². The van der Waals surface area contributed by atoms with Crippen LogP contribution in [0.4, 0.5) is 0 Å². The quantitative estimate of drug-likeness (QED) is 0.737. The molecule has 1 aromatic rings. The Balaban J connectivity index is 2.38. The molecule has 0 saturated carbocycles. The van der Waals surface area contributed by atoms with Crippen LogP contribution in [-0.4, -0.2) is 24.0 Å². The Bertz CT molecular complexity index is 897. The summed E-state index contributed by atoms with van der Waals surface area (Å²) in [6.45, 7) is 1.67. The van der Waals surface area contributed by atoms with Crippen LogP contribution >= 0.6 is 0 Å². The highest BCUT2D eigenvalue weighted by Gasteiger charge is 2.30. The number of ketones is 1. The van der Waals surface area contributed by atoms with Crippen molar-refractivity contribution in [2.75, 3.05) is 7.11 Å². The summed E-state index contributed by atoms with van der Waals surface area (Å²) >= 11 is 0. The van der Waals surface area contributed by atoms with E-state index in [4.69, 9.17) is 4.74 Å². The van der Waals surface area contributed by atoms with E-state index in [1.807, 2.05) is 6.07 Å². The summed E-state index contributed by atoms with van der Waals surface area (Å²) in [7, 11) is 1.51. The van der Waals surface area contributed by atoms with E-state index in [-0.39, 0.29) is 11.3 Å². The SMILES string of the molecule is COc1ccccc2c(C(=O)O)c(C)c(C(=O)c3ccccc3)c1-2. The molecule has 0 aromatic heterocycles. The maximum Gasteiger partial charge on any atom is 0.336 e. The second-order valence-electron chi connectivity index (χ2n) is 5.45. The lowest BCUT2D eigenvalue weighted by Gasteiger charge is -2.07. The van der Waals surface area contributed by atoms with Gasteiger partial charge in [-0.3, -0.25) is 4.79 Å². The number of ether oxygens (including phenoxy) is 1. The van der Waals surface area contributed by atoms with Gasteiger partial charge in [0.05, 0.1) is 12.7 Å². The third kappa shape index (κ3) is 2.42. The Labute approximate surface area is 139 Å². The van der Waals surface area contributed by atoms with Gasteiger partial charge in [-0.2, -0.15) is 0 Å². The first-order valence-corrected chi connectivity index (χ1v) is 7.48. The highest BCUT2D eigenvalue weighted by molar-refractivity contribution is 6.19. The zero-order chi connectivity index (χ0) is 17.3. The highest BCUT2D eigenvalue weighted by Crippen LogP contribution is 2.42. The molecule has 3 rings (SSSR count). The molecule has 0 fully saturated rings. The molecule has 1 aromatic carbocycles. The molecule has 0 amide bonds. The molecule has 2 aliphatic rings. The van der Waals surface area contributed by atoms with Crippen LogP contribution in [0.2, 0.25) is 0 Å². The predicted octanol–water partition coefficient (Wildman–Crippen LogP) is 4.04. The van der Waals surface area contributed by atoms with Crippen molar-refractivity contribution in [3.8, 4) is 16.9 Å². The van der Waals surface area contributed by atoms with Gasteiger partial charge in [-0.05, 0) is 18.6 Å². The van der Waals surface area contributed by atoms with E-state index < -0.39 is 5.97 Å². The molecule has 4 heteroatoms. The van der Waals surface area contributed by atoms with Crippen LogP contribution in [0, 0.1) is 6.92 Å². The summed E-state index contributed by atoms with van der Waals surface area (Å²) in [6.07, 6.45) is 0.